The van der Waals surface area contributed by atoms with Crippen LogP contribution in [0.3, 0.4) is 0 Å². The SMILES string of the molecule is CCOC(=O)c1c(OC)ncc(C(F)F)c1CN. The van der Waals surface area contributed by atoms with Gasteiger partial charge in [-0.15, -0.1) is 0 Å². The number of alkyl halides is 2. The van der Waals surface area contributed by atoms with Gasteiger partial charge in [-0.3, -0.25) is 0 Å². The number of hydrogen-bond acceptors (Lipinski definition) is 5. The van der Waals surface area contributed by atoms with Crippen LogP contribution in [-0.4, -0.2) is 24.7 Å². The lowest BCUT2D eigenvalue weighted by atomic mass is 10.0. The van der Waals surface area contributed by atoms with E-state index in [9.17, 15) is 13.6 Å². The first-order valence-electron chi connectivity index (χ1n) is 5.27. The van der Waals surface area contributed by atoms with Crippen molar-refractivity contribution in [2.24, 2.45) is 5.73 Å². The second-order valence-corrected chi connectivity index (χ2v) is 3.30. The van der Waals surface area contributed by atoms with E-state index in [0.717, 1.165) is 6.20 Å². The average molecular weight is 260 g/mol. The second kappa shape index (κ2) is 6.25. The molecule has 0 saturated carbocycles. The quantitative estimate of drug-likeness (QED) is 0.815. The summed E-state index contributed by atoms with van der Waals surface area (Å²) in [7, 11) is 1.29. The van der Waals surface area contributed by atoms with E-state index in [1.54, 1.807) is 6.92 Å². The number of nitrogens with two attached hydrogens (primary N) is 1. The molecule has 0 radical (unpaired) electrons. The van der Waals surface area contributed by atoms with Gasteiger partial charge >= 0.3 is 5.97 Å². The number of methoxy groups -OCH3 is 1. The number of nitrogens with zero attached hydrogens (tertiary/aromatic N) is 1. The van der Waals surface area contributed by atoms with Crippen LogP contribution in [0.5, 0.6) is 5.88 Å². The molecule has 1 aromatic rings. The fourth-order valence-electron chi connectivity index (χ4n) is 1.52. The highest BCUT2D eigenvalue weighted by atomic mass is 19.3. The molecule has 0 bridgehead atoms. The Morgan fingerprint density at radius 3 is 2.67 bits per heavy atom. The molecule has 1 rings (SSSR count). The third-order valence-electron chi connectivity index (χ3n) is 2.30. The van der Waals surface area contributed by atoms with Gasteiger partial charge in [-0.2, -0.15) is 0 Å². The van der Waals surface area contributed by atoms with Crippen LogP contribution >= 0.6 is 0 Å². The van der Waals surface area contributed by atoms with Crippen molar-refractivity contribution in [3.8, 4) is 5.88 Å². The summed E-state index contributed by atoms with van der Waals surface area (Å²) < 4.78 is 35.2. The van der Waals surface area contributed by atoms with Gasteiger partial charge in [0.15, 0.2) is 0 Å². The summed E-state index contributed by atoms with van der Waals surface area (Å²) in [5.41, 5.74) is 4.89. The normalized spacial score (nSPS) is 10.6. The molecule has 0 unspecified atom stereocenters. The molecule has 18 heavy (non-hydrogen) atoms. The van der Waals surface area contributed by atoms with E-state index in [-0.39, 0.29) is 35.7 Å². The lowest BCUT2D eigenvalue weighted by Gasteiger charge is -2.14. The van der Waals surface area contributed by atoms with E-state index in [1.807, 2.05) is 0 Å². The Morgan fingerprint density at radius 2 is 2.22 bits per heavy atom. The van der Waals surface area contributed by atoms with Crippen molar-refractivity contribution in [1.29, 1.82) is 0 Å². The molecule has 1 heterocycles. The van der Waals surface area contributed by atoms with Crippen molar-refractivity contribution in [3.63, 3.8) is 0 Å². The molecular formula is C11H14F2N2O3. The number of halogens is 2. The summed E-state index contributed by atoms with van der Waals surface area (Å²) in [6.45, 7) is 1.49. The Bertz CT molecular complexity index is 439. The molecule has 2 N–H and O–H groups in total. The second-order valence-electron chi connectivity index (χ2n) is 3.30. The maximum atomic E-state index is 12.8. The molecule has 0 fully saturated rings. The maximum absolute atomic E-state index is 12.8. The topological polar surface area (TPSA) is 74.4 Å². The van der Waals surface area contributed by atoms with Crippen LogP contribution in [0.2, 0.25) is 0 Å². The van der Waals surface area contributed by atoms with Gasteiger partial charge < -0.3 is 15.2 Å². The summed E-state index contributed by atoms with van der Waals surface area (Å²) in [4.78, 5) is 15.4. The Kier molecular flexibility index (Phi) is 4.96. The zero-order valence-electron chi connectivity index (χ0n) is 10.1. The summed E-state index contributed by atoms with van der Waals surface area (Å²) in [5, 5.41) is 0. The van der Waals surface area contributed by atoms with Crippen LogP contribution in [0.25, 0.3) is 0 Å². The molecule has 5 nitrogen and oxygen atoms in total. The number of pyridine rings is 1. The molecule has 1 aromatic heterocycles. The van der Waals surface area contributed by atoms with Gasteiger partial charge in [0, 0.05) is 18.3 Å². The average Bonchev–Trinajstić information content (AvgIpc) is 2.36. The zero-order chi connectivity index (χ0) is 13.7. The minimum absolute atomic E-state index is 0.00435. The van der Waals surface area contributed by atoms with Gasteiger partial charge in [-0.25, -0.2) is 18.6 Å². The first-order chi connectivity index (χ1) is 8.56. The predicted octanol–water partition coefficient (Wildman–Crippen LogP) is 1.66. The Hall–Kier alpha value is -1.76. The molecule has 0 aliphatic rings. The molecule has 7 heteroatoms. The summed E-state index contributed by atoms with van der Waals surface area (Å²) in [5.74, 6) is -0.844. The molecule has 0 aliphatic heterocycles. The Morgan fingerprint density at radius 1 is 1.56 bits per heavy atom. The standard InChI is InChI=1S/C11H14F2N2O3/c1-3-18-11(16)8-6(4-14)7(9(12)13)5-15-10(8)17-2/h5,9H,3-4,14H2,1-2H3. The number of esters is 1. The minimum atomic E-state index is -2.77. The molecule has 0 atom stereocenters. The number of aromatic nitrogens is 1. The van der Waals surface area contributed by atoms with E-state index in [1.165, 1.54) is 7.11 Å². The maximum Gasteiger partial charge on any atom is 0.344 e. The lowest BCUT2D eigenvalue weighted by molar-refractivity contribution is 0.0519. The fraction of sp³-hybridized carbons (Fsp3) is 0.455. The van der Waals surface area contributed by atoms with Crippen molar-refractivity contribution < 1.29 is 23.0 Å². The van der Waals surface area contributed by atoms with Crippen molar-refractivity contribution >= 4 is 5.97 Å². The van der Waals surface area contributed by atoms with Gasteiger partial charge in [0.05, 0.1) is 13.7 Å². The third-order valence-corrected chi connectivity index (χ3v) is 2.30. The number of rotatable bonds is 5. The minimum Gasteiger partial charge on any atom is -0.480 e. The van der Waals surface area contributed by atoms with Crippen LogP contribution in [0.15, 0.2) is 6.20 Å². The highest BCUT2D eigenvalue weighted by Gasteiger charge is 2.25. The molecule has 0 spiro atoms. The van der Waals surface area contributed by atoms with Crippen molar-refractivity contribution in [2.75, 3.05) is 13.7 Å². The number of carbonyl (C=O) groups is 1. The molecule has 0 aliphatic carbocycles. The zero-order valence-corrected chi connectivity index (χ0v) is 10.1. The lowest BCUT2D eigenvalue weighted by Crippen LogP contribution is -2.16. The summed E-state index contributed by atoms with van der Waals surface area (Å²) in [6.07, 6.45) is -1.82. The van der Waals surface area contributed by atoms with Gasteiger partial charge in [-0.05, 0) is 12.5 Å². The van der Waals surface area contributed by atoms with Gasteiger partial charge in [-0.1, -0.05) is 0 Å². The number of ether oxygens (including phenoxy) is 2. The van der Waals surface area contributed by atoms with Gasteiger partial charge in [0.2, 0.25) is 5.88 Å². The van der Waals surface area contributed by atoms with Crippen molar-refractivity contribution in [1.82, 2.24) is 4.98 Å². The van der Waals surface area contributed by atoms with Crippen LogP contribution in [0.4, 0.5) is 8.78 Å². The van der Waals surface area contributed by atoms with Gasteiger partial charge in [0.25, 0.3) is 6.43 Å². The van der Waals surface area contributed by atoms with Crippen LogP contribution in [0, 0.1) is 0 Å². The van der Waals surface area contributed by atoms with Crippen molar-refractivity contribution in [3.05, 3.63) is 22.9 Å². The van der Waals surface area contributed by atoms with Gasteiger partial charge in [0.1, 0.15) is 5.56 Å². The molecule has 0 aromatic carbocycles. The highest BCUT2D eigenvalue weighted by molar-refractivity contribution is 5.94. The fourth-order valence-corrected chi connectivity index (χ4v) is 1.52. The predicted molar refractivity (Wildman–Crippen MR) is 59.6 cm³/mol. The smallest absolute Gasteiger partial charge is 0.344 e. The van der Waals surface area contributed by atoms with E-state index in [2.05, 4.69) is 4.98 Å². The first-order valence-corrected chi connectivity index (χ1v) is 5.27. The molecule has 100 valence electrons. The van der Waals surface area contributed by atoms with E-state index >= 15 is 0 Å². The monoisotopic (exact) mass is 260 g/mol. The first kappa shape index (κ1) is 14.3. The van der Waals surface area contributed by atoms with E-state index < -0.39 is 12.4 Å². The largest absolute Gasteiger partial charge is 0.480 e. The number of hydrogen-bond donors (Lipinski definition) is 1. The summed E-state index contributed by atoms with van der Waals surface area (Å²) >= 11 is 0. The van der Waals surface area contributed by atoms with Crippen LogP contribution < -0.4 is 10.5 Å². The van der Waals surface area contributed by atoms with Crippen LogP contribution in [0.1, 0.15) is 34.8 Å². The van der Waals surface area contributed by atoms with Crippen molar-refractivity contribution in [2.45, 2.75) is 19.9 Å². The Labute approximate surface area is 103 Å². The summed E-state index contributed by atoms with van der Waals surface area (Å²) in [6, 6.07) is 0. The highest BCUT2D eigenvalue weighted by Crippen LogP contribution is 2.29. The molecule has 0 saturated heterocycles. The molecular weight excluding hydrogens is 246 g/mol. The third kappa shape index (κ3) is 2.73. The van der Waals surface area contributed by atoms with E-state index in [4.69, 9.17) is 15.2 Å². The van der Waals surface area contributed by atoms with Crippen LogP contribution in [-0.2, 0) is 11.3 Å². The molecule has 0 amide bonds. The van der Waals surface area contributed by atoms with E-state index in [0.29, 0.717) is 0 Å². The Balaban J connectivity index is 3.41. The number of carbonyl (C=O) groups excluding carboxylic acids is 1.